The summed E-state index contributed by atoms with van der Waals surface area (Å²) < 4.78 is 67.0. The van der Waals surface area contributed by atoms with E-state index in [9.17, 15) is 40.7 Å². The second kappa shape index (κ2) is 13.5. The topological polar surface area (TPSA) is 126 Å². The molecular formula is C28H18Cl2F6N6O3. The monoisotopic (exact) mass is 670 g/mol. The van der Waals surface area contributed by atoms with E-state index in [1.54, 1.807) is 18.3 Å². The zero-order valence-electron chi connectivity index (χ0n) is 22.4. The zero-order chi connectivity index (χ0) is 32.9. The number of anilines is 5. The molecular weight excluding hydrogens is 653 g/mol. The van der Waals surface area contributed by atoms with Crippen molar-refractivity contribution in [2.24, 2.45) is 0 Å². The maximum absolute atomic E-state index is 12.8. The van der Waals surface area contributed by atoms with Crippen LogP contribution in [0.1, 0.15) is 21.5 Å². The second-order valence-corrected chi connectivity index (χ2v) is 9.98. The number of amides is 1. The minimum absolute atomic E-state index is 0.256. The van der Waals surface area contributed by atoms with E-state index in [0.717, 1.165) is 34.6 Å². The largest absolute Gasteiger partial charge is 0.458 e. The van der Waals surface area contributed by atoms with Crippen LogP contribution in [0.25, 0.3) is 0 Å². The molecule has 0 aliphatic carbocycles. The standard InChI is InChI=1S/C24H18Cl2N6O.C4F6O2/c25-19-13-28-24-30-17-3-1-2-14(10-17)4-5-15-11-18(29-22(19)32-24)7-8-20(15)31-23(33)16-6-9-21(26)27-12-16;5-3(6,7)1(11)2(12)4(8,9)10/h1-3,6-13H,4-5H2,(H,31,33)(H2,28,29,30,32);. The normalized spacial score (nSPS) is 12.4. The van der Waals surface area contributed by atoms with E-state index in [0.29, 0.717) is 33.9 Å². The molecule has 0 atom stereocenters. The Balaban J connectivity index is 0.000000328. The summed E-state index contributed by atoms with van der Waals surface area (Å²) in [6.45, 7) is 0. The van der Waals surface area contributed by atoms with Crippen LogP contribution in [0.3, 0.4) is 0 Å². The van der Waals surface area contributed by atoms with Crippen LogP contribution in [0.5, 0.6) is 0 Å². The first kappa shape index (κ1) is 33.1. The molecule has 4 aromatic rings. The maximum Gasteiger partial charge on any atom is 0.458 e. The number of benzene rings is 2. The molecule has 5 rings (SSSR count). The Morgan fingerprint density at radius 3 is 2.11 bits per heavy atom. The van der Waals surface area contributed by atoms with Crippen molar-refractivity contribution in [1.29, 1.82) is 0 Å². The van der Waals surface area contributed by atoms with E-state index in [2.05, 4.69) is 43.0 Å². The lowest BCUT2D eigenvalue weighted by molar-refractivity contribution is -0.193. The number of fused-ring (bicyclic) bond motifs is 6. The highest BCUT2D eigenvalue weighted by Gasteiger charge is 2.54. The highest BCUT2D eigenvalue weighted by Crippen LogP contribution is 2.30. The Bertz CT molecular complexity index is 1730. The van der Waals surface area contributed by atoms with Crippen molar-refractivity contribution in [3.05, 3.63) is 93.9 Å². The molecule has 3 heterocycles. The van der Waals surface area contributed by atoms with E-state index >= 15 is 0 Å². The summed E-state index contributed by atoms with van der Waals surface area (Å²) in [6, 6.07) is 17.0. The Morgan fingerprint density at radius 2 is 1.47 bits per heavy atom. The number of alkyl halides is 6. The second-order valence-electron chi connectivity index (χ2n) is 9.19. The number of hydrogen-bond donors (Lipinski definition) is 3. The fourth-order valence-corrected chi connectivity index (χ4v) is 4.08. The fourth-order valence-electron chi connectivity index (χ4n) is 3.83. The molecule has 3 N–H and O–H groups in total. The van der Waals surface area contributed by atoms with Gasteiger partial charge in [-0.15, -0.1) is 0 Å². The van der Waals surface area contributed by atoms with Gasteiger partial charge in [-0.05, 0) is 66.4 Å². The van der Waals surface area contributed by atoms with E-state index in [4.69, 9.17) is 23.2 Å². The highest BCUT2D eigenvalue weighted by atomic mass is 35.5. The Kier molecular flexibility index (Phi) is 9.93. The van der Waals surface area contributed by atoms with Gasteiger partial charge in [0.25, 0.3) is 5.91 Å². The van der Waals surface area contributed by atoms with E-state index in [1.807, 2.05) is 30.3 Å². The van der Waals surface area contributed by atoms with Crippen molar-refractivity contribution in [3.63, 3.8) is 0 Å². The molecule has 1 amide bonds. The van der Waals surface area contributed by atoms with Gasteiger partial charge in [0, 0.05) is 23.3 Å². The van der Waals surface area contributed by atoms with Crippen LogP contribution >= 0.6 is 23.2 Å². The molecule has 45 heavy (non-hydrogen) atoms. The summed E-state index contributed by atoms with van der Waals surface area (Å²) >= 11 is 12.2. The average Bonchev–Trinajstić information content (AvgIpc) is 2.98. The first-order chi connectivity index (χ1) is 21.1. The summed E-state index contributed by atoms with van der Waals surface area (Å²) in [5.74, 6) is -6.14. The smallest absolute Gasteiger partial charge is 0.339 e. The number of pyridine rings is 1. The predicted molar refractivity (Wildman–Crippen MR) is 153 cm³/mol. The van der Waals surface area contributed by atoms with Gasteiger partial charge < -0.3 is 16.0 Å². The van der Waals surface area contributed by atoms with Gasteiger partial charge >= 0.3 is 23.9 Å². The first-order valence-electron chi connectivity index (χ1n) is 12.5. The summed E-state index contributed by atoms with van der Waals surface area (Å²) in [4.78, 5) is 44.8. The number of nitrogens with zero attached hydrogens (tertiary/aromatic N) is 3. The number of nitrogens with one attached hydrogen (secondary N) is 3. The van der Waals surface area contributed by atoms with Crippen molar-refractivity contribution >= 4 is 69.5 Å². The van der Waals surface area contributed by atoms with Crippen molar-refractivity contribution < 1.29 is 40.7 Å². The quantitative estimate of drug-likeness (QED) is 0.118. The third-order valence-corrected chi connectivity index (χ3v) is 6.44. The molecule has 0 spiro atoms. The third kappa shape index (κ3) is 8.89. The average molecular weight is 671 g/mol. The van der Waals surface area contributed by atoms with Crippen LogP contribution < -0.4 is 16.0 Å². The molecule has 0 unspecified atom stereocenters. The van der Waals surface area contributed by atoms with Crippen molar-refractivity contribution in [2.75, 3.05) is 16.0 Å². The fraction of sp³-hybridized carbons (Fsp3) is 0.143. The molecule has 0 fully saturated rings. The Hall–Kier alpha value is -4.76. The molecule has 9 nitrogen and oxygen atoms in total. The lowest BCUT2D eigenvalue weighted by Crippen LogP contribution is -2.39. The van der Waals surface area contributed by atoms with Gasteiger partial charge in [0.2, 0.25) is 5.95 Å². The lowest BCUT2D eigenvalue weighted by Gasteiger charge is -2.14. The van der Waals surface area contributed by atoms with E-state index in [1.165, 1.54) is 6.20 Å². The van der Waals surface area contributed by atoms with Gasteiger partial charge in [0.05, 0.1) is 11.8 Å². The zero-order valence-corrected chi connectivity index (χ0v) is 23.9. The van der Waals surface area contributed by atoms with E-state index < -0.39 is 23.9 Å². The van der Waals surface area contributed by atoms with Crippen LogP contribution in [-0.2, 0) is 22.4 Å². The van der Waals surface area contributed by atoms with Gasteiger partial charge in [-0.25, -0.2) is 9.97 Å². The van der Waals surface area contributed by atoms with Crippen LogP contribution in [-0.4, -0.2) is 44.8 Å². The number of rotatable bonds is 3. The molecule has 2 aromatic carbocycles. The van der Waals surface area contributed by atoms with Gasteiger partial charge in [-0.1, -0.05) is 35.3 Å². The number of carbonyl (C=O) groups excluding carboxylic acids is 3. The molecule has 234 valence electrons. The number of carbonyl (C=O) groups is 3. The number of hydrogen-bond acceptors (Lipinski definition) is 8. The van der Waals surface area contributed by atoms with Crippen LogP contribution in [0.15, 0.2) is 67.0 Å². The van der Waals surface area contributed by atoms with Crippen molar-refractivity contribution in [1.82, 2.24) is 15.0 Å². The minimum Gasteiger partial charge on any atom is -0.339 e. The Labute approximate surface area is 260 Å². The summed E-state index contributed by atoms with van der Waals surface area (Å²) in [7, 11) is 0. The van der Waals surface area contributed by atoms with Crippen molar-refractivity contribution in [3.8, 4) is 0 Å². The number of ketones is 2. The SMILES string of the molecule is O=C(C(=O)C(F)(F)F)C(F)(F)F.O=C(Nc1ccc2cc1CCc1cccc(c1)Nc1ncc(Cl)c(n1)N2)c1ccc(Cl)nc1. The number of aryl methyl sites for hydroxylation is 2. The van der Waals surface area contributed by atoms with Crippen LogP contribution in [0.2, 0.25) is 10.2 Å². The number of Topliss-reactive ketones (excluding diaryl/α,β-unsaturated/α-hetero) is 2. The first-order valence-corrected chi connectivity index (χ1v) is 13.3. The molecule has 0 saturated heterocycles. The Morgan fingerprint density at radius 1 is 0.778 bits per heavy atom. The highest BCUT2D eigenvalue weighted by molar-refractivity contribution is 6.41. The lowest BCUT2D eigenvalue weighted by atomic mass is 10.0. The van der Waals surface area contributed by atoms with Crippen LogP contribution in [0, 0.1) is 0 Å². The van der Waals surface area contributed by atoms with Gasteiger partial charge in [-0.3, -0.25) is 14.4 Å². The minimum atomic E-state index is -5.77. The molecule has 17 heteroatoms. The molecule has 6 bridgehead atoms. The summed E-state index contributed by atoms with van der Waals surface area (Å²) in [5.41, 5.74) is 4.95. The number of halogens is 8. The molecule has 2 aromatic heterocycles. The summed E-state index contributed by atoms with van der Waals surface area (Å²) in [5, 5.41) is 10.2. The number of aromatic nitrogens is 3. The molecule has 0 saturated carbocycles. The van der Waals surface area contributed by atoms with Crippen molar-refractivity contribution in [2.45, 2.75) is 25.2 Å². The van der Waals surface area contributed by atoms with Crippen LogP contribution in [0.4, 0.5) is 55.2 Å². The van der Waals surface area contributed by atoms with Gasteiger partial charge in [0.1, 0.15) is 10.2 Å². The maximum atomic E-state index is 12.8. The predicted octanol–water partition coefficient (Wildman–Crippen LogP) is 7.27. The molecule has 1 aliphatic rings. The van der Waals surface area contributed by atoms with Gasteiger partial charge in [0.15, 0.2) is 5.82 Å². The van der Waals surface area contributed by atoms with Gasteiger partial charge in [-0.2, -0.15) is 31.3 Å². The summed E-state index contributed by atoms with van der Waals surface area (Å²) in [6.07, 6.45) is -7.04. The molecule has 1 aliphatic heterocycles. The van der Waals surface area contributed by atoms with E-state index in [-0.39, 0.29) is 5.91 Å². The third-order valence-electron chi connectivity index (χ3n) is 5.94. The molecule has 0 radical (unpaired) electrons.